The smallest absolute Gasteiger partial charge is 0.110 e. The lowest BCUT2D eigenvalue weighted by Crippen LogP contribution is -2.18. The zero-order chi connectivity index (χ0) is 16.8. The highest BCUT2D eigenvalue weighted by Gasteiger charge is 2.26. The Balaban J connectivity index is 1.32. The fourth-order valence-electron chi connectivity index (χ4n) is 3.37. The molecule has 3 N–H and O–H groups in total. The lowest BCUT2D eigenvalue weighted by atomic mass is 10.1. The molecule has 5 rings (SSSR count). The summed E-state index contributed by atoms with van der Waals surface area (Å²) in [6.45, 7) is 2.99. The first-order valence-corrected chi connectivity index (χ1v) is 8.91. The monoisotopic (exact) mass is 331 g/mol. The Hall–Kier alpha value is -2.66. The van der Waals surface area contributed by atoms with E-state index in [1.807, 2.05) is 18.5 Å². The summed E-state index contributed by atoms with van der Waals surface area (Å²) in [6, 6.07) is 10.9. The zero-order valence-corrected chi connectivity index (χ0v) is 14.2. The van der Waals surface area contributed by atoms with Gasteiger partial charge in [0.05, 0.1) is 11.0 Å². The molecule has 1 aliphatic carbocycles. The molecule has 3 aromatic heterocycles. The van der Waals surface area contributed by atoms with E-state index < -0.39 is 0 Å². The SMILES string of the molecule is CC(NCc1cc2cnccc2[nH]1)c1ccc2nc(C3CC3)[nH]c2c1. The van der Waals surface area contributed by atoms with E-state index in [0.717, 1.165) is 34.3 Å². The van der Waals surface area contributed by atoms with E-state index >= 15 is 0 Å². The van der Waals surface area contributed by atoms with Crippen molar-refractivity contribution in [1.82, 2.24) is 25.3 Å². The number of fused-ring (bicyclic) bond motifs is 2. The van der Waals surface area contributed by atoms with Crippen molar-refractivity contribution >= 4 is 21.9 Å². The van der Waals surface area contributed by atoms with Crippen LogP contribution in [0.2, 0.25) is 0 Å². The first kappa shape index (κ1) is 14.7. The molecule has 1 aromatic carbocycles. The van der Waals surface area contributed by atoms with Crippen LogP contribution in [-0.4, -0.2) is 19.9 Å². The largest absolute Gasteiger partial charge is 0.357 e. The molecule has 1 unspecified atom stereocenters. The van der Waals surface area contributed by atoms with Crippen molar-refractivity contribution in [2.75, 3.05) is 0 Å². The number of pyridine rings is 1. The van der Waals surface area contributed by atoms with Crippen LogP contribution < -0.4 is 5.32 Å². The fraction of sp³-hybridized carbons (Fsp3) is 0.300. The van der Waals surface area contributed by atoms with E-state index in [2.05, 4.69) is 51.5 Å². The maximum atomic E-state index is 4.71. The second-order valence-corrected chi connectivity index (χ2v) is 7.03. The van der Waals surface area contributed by atoms with Gasteiger partial charge < -0.3 is 15.3 Å². The fourth-order valence-corrected chi connectivity index (χ4v) is 3.37. The van der Waals surface area contributed by atoms with Crippen molar-refractivity contribution in [1.29, 1.82) is 0 Å². The third-order valence-corrected chi connectivity index (χ3v) is 5.06. The highest BCUT2D eigenvalue weighted by molar-refractivity contribution is 5.79. The number of aromatic amines is 2. The van der Waals surface area contributed by atoms with Crippen molar-refractivity contribution in [2.45, 2.75) is 38.3 Å². The number of H-pyrrole nitrogens is 2. The van der Waals surface area contributed by atoms with Crippen molar-refractivity contribution in [3.05, 3.63) is 59.8 Å². The Morgan fingerprint density at radius 3 is 2.92 bits per heavy atom. The predicted molar refractivity (Wildman–Crippen MR) is 99.4 cm³/mol. The van der Waals surface area contributed by atoms with E-state index in [-0.39, 0.29) is 6.04 Å². The number of nitrogens with zero attached hydrogens (tertiary/aromatic N) is 2. The molecule has 0 bridgehead atoms. The molecule has 0 spiro atoms. The molecule has 0 aliphatic heterocycles. The van der Waals surface area contributed by atoms with Crippen molar-refractivity contribution in [3.8, 4) is 0 Å². The van der Waals surface area contributed by atoms with Crippen LogP contribution in [0, 0.1) is 0 Å². The minimum Gasteiger partial charge on any atom is -0.357 e. The summed E-state index contributed by atoms with van der Waals surface area (Å²) < 4.78 is 0. The van der Waals surface area contributed by atoms with Gasteiger partial charge in [-0.2, -0.15) is 0 Å². The lowest BCUT2D eigenvalue weighted by Gasteiger charge is -2.13. The second kappa shape index (κ2) is 5.70. The van der Waals surface area contributed by atoms with Crippen molar-refractivity contribution in [2.24, 2.45) is 0 Å². The maximum absolute atomic E-state index is 4.71. The van der Waals surface area contributed by atoms with Crippen LogP contribution in [0.4, 0.5) is 0 Å². The molecule has 0 radical (unpaired) electrons. The number of hydrogen-bond donors (Lipinski definition) is 3. The molecule has 0 amide bonds. The molecular weight excluding hydrogens is 310 g/mol. The van der Waals surface area contributed by atoms with Gasteiger partial charge in [0.2, 0.25) is 0 Å². The minimum absolute atomic E-state index is 0.265. The highest BCUT2D eigenvalue weighted by Crippen LogP contribution is 2.39. The Labute approximate surface area is 145 Å². The van der Waals surface area contributed by atoms with Crippen LogP contribution in [-0.2, 0) is 6.54 Å². The summed E-state index contributed by atoms with van der Waals surface area (Å²) in [6.07, 6.45) is 6.24. The summed E-state index contributed by atoms with van der Waals surface area (Å²) in [5.74, 6) is 1.81. The average molecular weight is 331 g/mol. The van der Waals surface area contributed by atoms with Gasteiger partial charge in [0.25, 0.3) is 0 Å². The Bertz CT molecular complexity index is 1010. The summed E-state index contributed by atoms with van der Waals surface area (Å²) in [4.78, 5) is 15.8. The third-order valence-electron chi connectivity index (χ3n) is 5.06. The molecule has 126 valence electrons. The summed E-state index contributed by atoms with van der Waals surface area (Å²) in [5, 5.41) is 4.75. The first-order valence-electron chi connectivity index (χ1n) is 8.91. The molecule has 4 aromatic rings. The quantitative estimate of drug-likeness (QED) is 0.514. The van der Waals surface area contributed by atoms with E-state index in [0.29, 0.717) is 5.92 Å². The van der Waals surface area contributed by atoms with Gasteiger partial charge >= 0.3 is 0 Å². The number of hydrogen-bond acceptors (Lipinski definition) is 3. The van der Waals surface area contributed by atoms with Crippen LogP contribution in [0.3, 0.4) is 0 Å². The molecule has 5 heteroatoms. The van der Waals surface area contributed by atoms with E-state index in [4.69, 9.17) is 4.98 Å². The van der Waals surface area contributed by atoms with Crippen molar-refractivity contribution < 1.29 is 0 Å². The molecule has 1 atom stereocenters. The maximum Gasteiger partial charge on any atom is 0.110 e. The molecule has 5 nitrogen and oxygen atoms in total. The van der Waals surface area contributed by atoms with Crippen LogP contribution >= 0.6 is 0 Å². The number of aromatic nitrogens is 4. The van der Waals surface area contributed by atoms with Gasteiger partial charge in [-0.3, -0.25) is 4.98 Å². The Morgan fingerprint density at radius 1 is 1.16 bits per heavy atom. The molecule has 0 saturated heterocycles. The van der Waals surface area contributed by atoms with Crippen LogP contribution in [0.15, 0.2) is 42.7 Å². The van der Waals surface area contributed by atoms with Gasteiger partial charge in [-0.25, -0.2) is 4.98 Å². The highest BCUT2D eigenvalue weighted by atomic mass is 14.9. The van der Waals surface area contributed by atoms with E-state index in [1.165, 1.54) is 24.1 Å². The van der Waals surface area contributed by atoms with Gasteiger partial charge in [0, 0.05) is 47.5 Å². The Kier molecular flexibility index (Phi) is 3.35. The minimum atomic E-state index is 0.265. The standard InChI is InChI=1S/C20H21N5/c1-12(22-11-16-8-15-10-21-7-6-17(15)23-16)14-4-5-18-19(9-14)25-20(24-18)13-2-3-13/h4-10,12-13,22-23H,2-3,11H2,1H3,(H,24,25). The van der Waals surface area contributed by atoms with Crippen LogP contribution in [0.5, 0.6) is 0 Å². The molecule has 1 saturated carbocycles. The van der Waals surface area contributed by atoms with Crippen LogP contribution in [0.25, 0.3) is 21.9 Å². The number of rotatable bonds is 5. The second-order valence-electron chi connectivity index (χ2n) is 7.03. The predicted octanol–water partition coefficient (Wildman–Crippen LogP) is 4.17. The lowest BCUT2D eigenvalue weighted by molar-refractivity contribution is 0.570. The van der Waals surface area contributed by atoms with E-state index in [9.17, 15) is 0 Å². The van der Waals surface area contributed by atoms with Crippen LogP contribution in [0.1, 0.15) is 48.8 Å². The van der Waals surface area contributed by atoms with Gasteiger partial charge in [0.15, 0.2) is 0 Å². The van der Waals surface area contributed by atoms with E-state index in [1.54, 1.807) is 0 Å². The Morgan fingerprint density at radius 2 is 2.08 bits per heavy atom. The normalized spacial score (nSPS) is 15.9. The summed E-state index contributed by atoms with van der Waals surface area (Å²) in [7, 11) is 0. The average Bonchev–Trinajstić information content (AvgIpc) is 3.26. The molecule has 1 fully saturated rings. The molecule has 3 heterocycles. The summed E-state index contributed by atoms with van der Waals surface area (Å²) in [5.41, 5.74) is 5.79. The topological polar surface area (TPSA) is 69.4 Å². The summed E-state index contributed by atoms with van der Waals surface area (Å²) >= 11 is 0. The molecular formula is C20H21N5. The number of nitrogens with one attached hydrogen (secondary N) is 3. The van der Waals surface area contributed by atoms with Gasteiger partial charge in [-0.1, -0.05) is 6.07 Å². The third kappa shape index (κ3) is 2.81. The number of benzene rings is 1. The van der Waals surface area contributed by atoms with Crippen molar-refractivity contribution in [3.63, 3.8) is 0 Å². The van der Waals surface area contributed by atoms with Gasteiger partial charge in [0.1, 0.15) is 5.82 Å². The first-order chi connectivity index (χ1) is 12.3. The number of imidazole rings is 1. The molecule has 25 heavy (non-hydrogen) atoms. The van der Waals surface area contributed by atoms with Gasteiger partial charge in [-0.15, -0.1) is 0 Å². The molecule has 1 aliphatic rings. The zero-order valence-electron chi connectivity index (χ0n) is 14.2. The van der Waals surface area contributed by atoms with Gasteiger partial charge in [-0.05, 0) is 49.6 Å².